The van der Waals surface area contributed by atoms with Gasteiger partial charge in [-0.05, 0) is 49.4 Å². The van der Waals surface area contributed by atoms with Crippen LogP contribution in [0.4, 0.5) is 0 Å². The minimum Gasteiger partial charge on any atom is -0.481 e. The highest BCUT2D eigenvalue weighted by molar-refractivity contribution is 5.78. The Labute approximate surface area is 113 Å². The van der Waals surface area contributed by atoms with Crippen molar-refractivity contribution >= 4 is 11.9 Å². The van der Waals surface area contributed by atoms with Gasteiger partial charge in [-0.1, -0.05) is 13.8 Å². The molecule has 4 fully saturated rings. The molecule has 4 aliphatic rings. The smallest absolute Gasteiger partial charge is 0.310 e. The minimum absolute atomic E-state index is 0.0275. The van der Waals surface area contributed by atoms with Gasteiger partial charge in [0.2, 0.25) is 5.91 Å². The molecule has 4 heteroatoms. The van der Waals surface area contributed by atoms with Crippen LogP contribution in [0.5, 0.6) is 0 Å². The van der Waals surface area contributed by atoms with Gasteiger partial charge in [-0.15, -0.1) is 0 Å². The van der Waals surface area contributed by atoms with Gasteiger partial charge in [0.1, 0.15) is 0 Å². The summed E-state index contributed by atoms with van der Waals surface area (Å²) in [6.07, 6.45) is 4.44. The Morgan fingerprint density at radius 3 is 2.47 bits per heavy atom. The van der Waals surface area contributed by atoms with Gasteiger partial charge in [0.25, 0.3) is 0 Å². The molecule has 4 bridgehead atoms. The lowest BCUT2D eigenvalue weighted by molar-refractivity contribution is -0.204. The number of amides is 1. The van der Waals surface area contributed by atoms with E-state index in [1.807, 2.05) is 0 Å². The first-order chi connectivity index (χ1) is 8.71. The van der Waals surface area contributed by atoms with Crippen molar-refractivity contribution in [1.29, 1.82) is 0 Å². The van der Waals surface area contributed by atoms with Gasteiger partial charge in [0, 0.05) is 12.5 Å². The molecule has 0 aliphatic heterocycles. The highest BCUT2D eigenvalue weighted by Crippen LogP contribution is 2.69. The molecule has 4 nitrogen and oxygen atoms in total. The minimum atomic E-state index is -0.665. The van der Waals surface area contributed by atoms with Crippen LogP contribution in [0.15, 0.2) is 0 Å². The van der Waals surface area contributed by atoms with E-state index in [2.05, 4.69) is 19.2 Å². The van der Waals surface area contributed by atoms with E-state index in [9.17, 15) is 14.7 Å². The van der Waals surface area contributed by atoms with Crippen molar-refractivity contribution in [3.63, 3.8) is 0 Å². The number of carbonyl (C=O) groups excluding carboxylic acids is 1. The summed E-state index contributed by atoms with van der Waals surface area (Å²) in [5.41, 5.74) is -1.08. The molecule has 0 radical (unpaired) electrons. The van der Waals surface area contributed by atoms with E-state index < -0.39 is 11.4 Å². The summed E-state index contributed by atoms with van der Waals surface area (Å²) in [6.45, 7) is 5.77. The first kappa shape index (κ1) is 12.9. The molecule has 0 spiro atoms. The zero-order chi connectivity index (χ0) is 14.1. The van der Waals surface area contributed by atoms with Gasteiger partial charge in [-0.3, -0.25) is 9.59 Å². The molecular weight excluding hydrogens is 242 g/mol. The number of carboxylic acid groups (broad SMARTS) is 1. The van der Waals surface area contributed by atoms with Crippen LogP contribution in [-0.2, 0) is 9.59 Å². The van der Waals surface area contributed by atoms with Gasteiger partial charge in [0.15, 0.2) is 0 Å². The SMILES string of the molecule is CC(=O)NC12CC3CC(C1)C(C)(C)C(C(=O)O)(C3)C2. The van der Waals surface area contributed by atoms with E-state index in [0.717, 1.165) is 25.7 Å². The number of rotatable bonds is 2. The second-order valence-electron chi connectivity index (χ2n) is 7.66. The Kier molecular flexibility index (Phi) is 2.40. The summed E-state index contributed by atoms with van der Waals surface area (Å²) in [5, 5.41) is 13.0. The largest absolute Gasteiger partial charge is 0.481 e. The lowest BCUT2D eigenvalue weighted by Gasteiger charge is -2.67. The fourth-order valence-corrected chi connectivity index (χ4v) is 5.51. The topological polar surface area (TPSA) is 66.4 Å². The highest BCUT2D eigenvalue weighted by atomic mass is 16.4. The van der Waals surface area contributed by atoms with E-state index in [0.29, 0.717) is 18.3 Å². The van der Waals surface area contributed by atoms with E-state index in [1.54, 1.807) is 0 Å². The number of carbonyl (C=O) groups is 2. The van der Waals surface area contributed by atoms with Crippen LogP contribution in [0.3, 0.4) is 0 Å². The molecule has 4 saturated carbocycles. The maximum atomic E-state index is 12.0. The van der Waals surface area contributed by atoms with Crippen molar-refractivity contribution in [2.24, 2.45) is 22.7 Å². The van der Waals surface area contributed by atoms with Crippen molar-refractivity contribution in [2.75, 3.05) is 0 Å². The summed E-state index contributed by atoms with van der Waals surface area (Å²) in [7, 11) is 0. The summed E-state index contributed by atoms with van der Waals surface area (Å²) >= 11 is 0. The lowest BCUT2D eigenvalue weighted by Crippen LogP contribution is -2.70. The Balaban J connectivity index is 2.05. The highest BCUT2D eigenvalue weighted by Gasteiger charge is 2.69. The number of aliphatic carboxylic acids is 1. The van der Waals surface area contributed by atoms with Crippen LogP contribution in [0.25, 0.3) is 0 Å². The van der Waals surface area contributed by atoms with Gasteiger partial charge in [-0.25, -0.2) is 0 Å². The molecule has 4 unspecified atom stereocenters. The number of hydrogen-bond donors (Lipinski definition) is 2. The van der Waals surface area contributed by atoms with Gasteiger partial charge < -0.3 is 10.4 Å². The molecule has 0 aromatic rings. The summed E-state index contributed by atoms with van der Waals surface area (Å²) < 4.78 is 0. The van der Waals surface area contributed by atoms with E-state index in [-0.39, 0.29) is 16.9 Å². The summed E-state index contributed by atoms with van der Waals surface area (Å²) in [4.78, 5) is 23.5. The molecular formula is C15H23NO3. The number of carboxylic acids is 1. The molecule has 4 aliphatic carbocycles. The predicted molar refractivity (Wildman–Crippen MR) is 70.5 cm³/mol. The van der Waals surface area contributed by atoms with Gasteiger partial charge >= 0.3 is 5.97 Å². The zero-order valence-corrected chi connectivity index (χ0v) is 12.0. The fraction of sp³-hybridized carbons (Fsp3) is 0.867. The second kappa shape index (κ2) is 3.53. The molecule has 19 heavy (non-hydrogen) atoms. The lowest BCUT2D eigenvalue weighted by atomic mass is 9.38. The third-order valence-electron chi connectivity index (χ3n) is 6.32. The number of hydrogen-bond acceptors (Lipinski definition) is 2. The van der Waals surface area contributed by atoms with Crippen LogP contribution < -0.4 is 5.32 Å². The Hall–Kier alpha value is -1.06. The molecule has 1 amide bonds. The average Bonchev–Trinajstić information content (AvgIpc) is 2.23. The van der Waals surface area contributed by atoms with E-state index >= 15 is 0 Å². The average molecular weight is 265 g/mol. The molecule has 106 valence electrons. The van der Waals surface area contributed by atoms with Crippen molar-refractivity contribution < 1.29 is 14.7 Å². The first-order valence-electron chi connectivity index (χ1n) is 7.23. The molecule has 2 N–H and O–H groups in total. The van der Waals surface area contributed by atoms with Crippen LogP contribution in [0, 0.1) is 22.7 Å². The van der Waals surface area contributed by atoms with Crippen molar-refractivity contribution in [3.05, 3.63) is 0 Å². The quantitative estimate of drug-likeness (QED) is 0.804. The normalized spacial score (nSPS) is 46.1. The number of nitrogens with one attached hydrogen (secondary N) is 1. The van der Waals surface area contributed by atoms with Crippen LogP contribution >= 0.6 is 0 Å². The molecule has 0 heterocycles. The third kappa shape index (κ3) is 1.52. The van der Waals surface area contributed by atoms with Crippen molar-refractivity contribution in [3.8, 4) is 0 Å². The maximum Gasteiger partial charge on any atom is 0.310 e. The van der Waals surface area contributed by atoms with E-state index in [4.69, 9.17) is 0 Å². The molecule has 0 aromatic carbocycles. The molecule has 4 atom stereocenters. The predicted octanol–water partition coefficient (Wildman–Crippen LogP) is 2.18. The van der Waals surface area contributed by atoms with Gasteiger partial charge in [0.05, 0.1) is 5.41 Å². The Morgan fingerprint density at radius 2 is 1.89 bits per heavy atom. The first-order valence-corrected chi connectivity index (χ1v) is 7.23. The van der Waals surface area contributed by atoms with Crippen molar-refractivity contribution in [2.45, 2.75) is 58.4 Å². The van der Waals surface area contributed by atoms with Crippen LogP contribution in [0.2, 0.25) is 0 Å². The second-order valence-corrected chi connectivity index (χ2v) is 7.66. The standard InChI is InChI=1S/C15H23NO3/c1-9(17)16-14-5-10-4-11(7-14)13(2,3)15(6-10,8-14)12(18)19/h10-11H,4-8H2,1-3H3,(H,16,17)(H,18,19). The fourth-order valence-electron chi connectivity index (χ4n) is 5.51. The summed E-state index contributed by atoms with van der Waals surface area (Å²) in [5.74, 6) is 0.182. The Morgan fingerprint density at radius 1 is 1.21 bits per heavy atom. The molecule has 0 aromatic heterocycles. The van der Waals surface area contributed by atoms with Crippen molar-refractivity contribution in [1.82, 2.24) is 5.32 Å². The van der Waals surface area contributed by atoms with Crippen LogP contribution in [-0.4, -0.2) is 22.5 Å². The zero-order valence-electron chi connectivity index (χ0n) is 12.0. The Bertz CT molecular complexity index is 458. The van der Waals surface area contributed by atoms with E-state index in [1.165, 1.54) is 6.92 Å². The monoisotopic (exact) mass is 265 g/mol. The third-order valence-corrected chi connectivity index (χ3v) is 6.32. The van der Waals surface area contributed by atoms with Gasteiger partial charge in [-0.2, -0.15) is 0 Å². The maximum absolute atomic E-state index is 12.0. The summed E-state index contributed by atoms with van der Waals surface area (Å²) in [6, 6.07) is 0. The van der Waals surface area contributed by atoms with Crippen LogP contribution in [0.1, 0.15) is 52.9 Å². The molecule has 0 saturated heterocycles. The molecule has 4 rings (SSSR count).